The van der Waals surface area contributed by atoms with Gasteiger partial charge in [0.05, 0.1) is 10.9 Å². The number of carbonyl (C=O) groups excluding carboxylic acids is 1. The molecule has 0 aliphatic carbocycles. The van der Waals surface area contributed by atoms with Crippen molar-refractivity contribution in [3.8, 4) is 16.2 Å². The number of thiophene rings is 1. The lowest BCUT2D eigenvalue weighted by Crippen LogP contribution is -2.30. The van der Waals surface area contributed by atoms with Crippen LogP contribution in [0.4, 0.5) is 0 Å². The molecule has 0 saturated carbocycles. The van der Waals surface area contributed by atoms with Crippen LogP contribution in [-0.2, 0) is 0 Å². The van der Waals surface area contributed by atoms with Crippen molar-refractivity contribution in [3.63, 3.8) is 0 Å². The molecule has 174 valence electrons. The van der Waals surface area contributed by atoms with Crippen LogP contribution in [0.1, 0.15) is 64.6 Å². The quantitative estimate of drug-likeness (QED) is 0.285. The maximum absolute atomic E-state index is 13.3. The molecule has 0 saturated heterocycles. The monoisotopic (exact) mass is 471 g/mol. The van der Waals surface area contributed by atoms with Crippen LogP contribution in [0, 0.1) is 0 Å². The van der Waals surface area contributed by atoms with E-state index in [1.807, 2.05) is 48.5 Å². The molecule has 2 heterocycles. The molecule has 0 aliphatic rings. The Hall–Kier alpha value is -3.48. The zero-order chi connectivity index (χ0) is 24.1. The van der Waals surface area contributed by atoms with E-state index in [0.29, 0.717) is 22.8 Å². The number of benzene rings is 2. The van der Waals surface area contributed by atoms with E-state index in [0.717, 1.165) is 16.0 Å². The molecule has 1 amide bonds. The SMILES string of the molecule is CC(C)c1ccccc1-c1ccc(C(=O)NC(CC(N)c2cccnc2)c2ccccc2O)s1. The standard InChI is InChI=1S/C28H29N3O2S/c1-18(2)20-9-3-4-10-21(20)26-13-14-27(34-26)28(33)31-24(22-11-5-6-12-25(22)32)16-23(29)19-8-7-15-30-17-19/h3-15,17-18,23-24,32H,16,29H2,1-2H3,(H,31,33). The van der Waals surface area contributed by atoms with Crippen LogP contribution < -0.4 is 11.1 Å². The lowest BCUT2D eigenvalue weighted by Gasteiger charge is -2.23. The van der Waals surface area contributed by atoms with E-state index in [-0.39, 0.29) is 17.7 Å². The lowest BCUT2D eigenvalue weighted by molar-refractivity contribution is 0.0937. The Balaban J connectivity index is 1.59. The van der Waals surface area contributed by atoms with Gasteiger partial charge >= 0.3 is 0 Å². The number of phenolic OH excluding ortho intramolecular Hbond substituents is 1. The van der Waals surface area contributed by atoms with Gasteiger partial charge in [0.2, 0.25) is 0 Å². The van der Waals surface area contributed by atoms with Crippen LogP contribution in [0.2, 0.25) is 0 Å². The van der Waals surface area contributed by atoms with Gasteiger partial charge in [-0.25, -0.2) is 0 Å². The topological polar surface area (TPSA) is 88.2 Å². The highest BCUT2D eigenvalue weighted by molar-refractivity contribution is 7.17. The molecule has 2 atom stereocenters. The summed E-state index contributed by atoms with van der Waals surface area (Å²) in [6, 6.07) is 22.1. The van der Waals surface area contributed by atoms with Gasteiger partial charge in [-0.15, -0.1) is 11.3 Å². The number of amides is 1. The second-order valence-electron chi connectivity index (χ2n) is 8.62. The first-order valence-electron chi connectivity index (χ1n) is 11.4. The summed E-state index contributed by atoms with van der Waals surface area (Å²) in [5.74, 6) is 0.323. The van der Waals surface area contributed by atoms with Crippen molar-refractivity contribution in [1.29, 1.82) is 0 Å². The zero-order valence-corrected chi connectivity index (χ0v) is 20.1. The minimum absolute atomic E-state index is 0.129. The number of hydrogen-bond acceptors (Lipinski definition) is 5. The van der Waals surface area contributed by atoms with Gasteiger partial charge in [-0.1, -0.05) is 62.4 Å². The molecule has 4 N–H and O–H groups in total. The number of nitrogens with one attached hydrogen (secondary N) is 1. The third-order valence-electron chi connectivity index (χ3n) is 5.90. The minimum Gasteiger partial charge on any atom is -0.508 e. The average Bonchev–Trinajstić information content (AvgIpc) is 3.35. The summed E-state index contributed by atoms with van der Waals surface area (Å²) in [5, 5.41) is 13.6. The van der Waals surface area contributed by atoms with Crippen LogP contribution in [0.5, 0.6) is 5.75 Å². The molecular weight excluding hydrogens is 442 g/mol. The molecule has 6 heteroatoms. The molecule has 4 aromatic rings. The van der Waals surface area contributed by atoms with Crippen molar-refractivity contribution in [2.24, 2.45) is 5.73 Å². The Morgan fingerprint density at radius 1 is 1.00 bits per heavy atom. The third kappa shape index (κ3) is 5.35. The van der Waals surface area contributed by atoms with Crippen molar-refractivity contribution in [1.82, 2.24) is 10.3 Å². The first kappa shape index (κ1) is 23.7. The Kier molecular flexibility index (Phi) is 7.40. The highest BCUT2D eigenvalue weighted by Gasteiger charge is 2.23. The van der Waals surface area contributed by atoms with E-state index < -0.39 is 6.04 Å². The number of hydrogen-bond donors (Lipinski definition) is 3. The molecular formula is C28H29N3O2S. The van der Waals surface area contributed by atoms with E-state index in [2.05, 4.69) is 36.3 Å². The lowest BCUT2D eigenvalue weighted by atomic mass is 9.95. The molecule has 0 radical (unpaired) electrons. The second kappa shape index (κ2) is 10.6. The van der Waals surface area contributed by atoms with Crippen LogP contribution in [0.25, 0.3) is 10.4 Å². The summed E-state index contributed by atoms with van der Waals surface area (Å²) in [5.41, 5.74) is 10.4. The van der Waals surface area contributed by atoms with Crippen molar-refractivity contribution < 1.29 is 9.90 Å². The Morgan fingerprint density at radius 2 is 1.74 bits per heavy atom. The van der Waals surface area contributed by atoms with Gasteiger partial charge in [-0.05, 0) is 53.3 Å². The fraction of sp³-hybridized carbons (Fsp3) is 0.214. The van der Waals surface area contributed by atoms with Crippen LogP contribution >= 0.6 is 11.3 Å². The molecule has 0 bridgehead atoms. The number of pyridine rings is 1. The summed E-state index contributed by atoms with van der Waals surface area (Å²) >= 11 is 1.47. The molecule has 2 aromatic heterocycles. The Morgan fingerprint density at radius 3 is 2.44 bits per heavy atom. The highest BCUT2D eigenvalue weighted by Crippen LogP contribution is 2.35. The van der Waals surface area contributed by atoms with Crippen molar-refractivity contribution in [3.05, 3.63) is 107 Å². The average molecular weight is 472 g/mol. The molecule has 0 spiro atoms. The van der Waals surface area contributed by atoms with Gasteiger partial charge in [-0.2, -0.15) is 0 Å². The van der Waals surface area contributed by atoms with E-state index >= 15 is 0 Å². The van der Waals surface area contributed by atoms with Gasteiger partial charge in [0.1, 0.15) is 5.75 Å². The normalized spacial score (nSPS) is 12.9. The maximum Gasteiger partial charge on any atom is 0.261 e. The van der Waals surface area contributed by atoms with E-state index in [4.69, 9.17) is 5.73 Å². The van der Waals surface area contributed by atoms with Crippen molar-refractivity contribution >= 4 is 17.2 Å². The van der Waals surface area contributed by atoms with Gasteiger partial charge in [0.25, 0.3) is 5.91 Å². The fourth-order valence-corrected chi connectivity index (χ4v) is 5.05. The molecule has 0 aliphatic heterocycles. The smallest absolute Gasteiger partial charge is 0.261 e. The number of aromatic hydroxyl groups is 1. The number of carbonyl (C=O) groups is 1. The Bertz CT molecular complexity index is 1250. The first-order chi connectivity index (χ1) is 16.4. The van der Waals surface area contributed by atoms with E-state index in [1.165, 1.54) is 16.9 Å². The molecule has 0 fully saturated rings. The van der Waals surface area contributed by atoms with Crippen LogP contribution in [0.15, 0.2) is 85.2 Å². The molecule has 5 nitrogen and oxygen atoms in total. The number of nitrogens with two attached hydrogens (primary N) is 1. The summed E-state index contributed by atoms with van der Waals surface area (Å²) < 4.78 is 0. The van der Waals surface area contributed by atoms with E-state index in [1.54, 1.807) is 24.5 Å². The largest absolute Gasteiger partial charge is 0.508 e. The number of aromatic nitrogens is 1. The number of nitrogens with zero attached hydrogens (tertiary/aromatic N) is 1. The zero-order valence-electron chi connectivity index (χ0n) is 19.3. The summed E-state index contributed by atoms with van der Waals surface area (Å²) in [6.45, 7) is 4.34. The minimum atomic E-state index is -0.461. The second-order valence-corrected chi connectivity index (χ2v) is 9.70. The van der Waals surface area contributed by atoms with Gasteiger partial charge < -0.3 is 16.2 Å². The van der Waals surface area contributed by atoms with Gasteiger partial charge in [-0.3, -0.25) is 9.78 Å². The highest BCUT2D eigenvalue weighted by atomic mass is 32.1. The van der Waals surface area contributed by atoms with E-state index in [9.17, 15) is 9.90 Å². The predicted molar refractivity (Wildman–Crippen MR) is 138 cm³/mol. The first-order valence-corrected chi connectivity index (χ1v) is 12.2. The molecule has 2 unspecified atom stereocenters. The molecule has 2 aromatic carbocycles. The predicted octanol–water partition coefficient (Wildman–Crippen LogP) is 6.20. The van der Waals surface area contributed by atoms with Crippen LogP contribution in [0.3, 0.4) is 0 Å². The van der Waals surface area contributed by atoms with Crippen molar-refractivity contribution in [2.45, 2.75) is 38.3 Å². The molecule has 4 rings (SSSR count). The summed E-state index contributed by atoms with van der Waals surface area (Å²) in [7, 11) is 0. The fourth-order valence-electron chi connectivity index (χ4n) is 4.09. The number of para-hydroxylation sites is 1. The van der Waals surface area contributed by atoms with Crippen molar-refractivity contribution in [2.75, 3.05) is 0 Å². The number of phenols is 1. The molecule has 34 heavy (non-hydrogen) atoms. The van der Waals surface area contributed by atoms with Gasteiger partial charge in [0.15, 0.2) is 0 Å². The maximum atomic E-state index is 13.3. The summed E-state index contributed by atoms with van der Waals surface area (Å²) in [4.78, 5) is 19.1. The van der Waals surface area contributed by atoms with Gasteiger partial charge in [0, 0.05) is 28.9 Å². The summed E-state index contributed by atoms with van der Waals surface area (Å²) in [6.07, 6.45) is 3.85. The van der Waals surface area contributed by atoms with Crippen LogP contribution in [-0.4, -0.2) is 16.0 Å². The number of rotatable bonds is 8. The Labute approximate surface area is 204 Å². The third-order valence-corrected chi connectivity index (χ3v) is 7.02.